The molecular weight excluding hydrogens is 320 g/mol. The maximum absolute atomic E-state index is 12.6. The minimum absolute atomic E-state index is 0.0195. The highest BCUT2D eigenvalue weighted by Gasteiger charge is 2.38. The summed E-state index contributed by atoms with van der Waals surface area (Å²) < 4.78 is 0. The highest BCUT2D eigenvalue weighted by atomic mass is 16.4. The monoisotopic (exact) mass is 337 g/mol. The Morgan fingerprint density at radius 1 is 1.20 bits per heavy atom. The topological polar surface area (TPSA) is 89.5 Å². The fourth-order valence-corrected chi connectivity index (χ4v) is 2.82. The number of anilines is 1. The zero-order valence-electron chi connectivity index (χ0n) is 13.7. The van der Waals surface area contributed by atoms with E-state index in [1.54, 1.807) is 13.0 Å². The van der Waals surface area contributed by atoms with Crippen molar-refractivity contribution < 1.29 is 19.5 Å². The smallest absolute Gasteiger partial charge is 0.252 e. The van der Waals surface area contributed by atoms with E-state index in [9.17, 15) is 19.5 Å². The van der Waals surface area contributed by atoms with E-state index in [1.807, 2.05) is 30.3 Å². The Morgan fingerprint density at radius 2 is 1.92 bits per heavy atom. The molecule has 1 fully saturated rings. The summed E-state index contributed by atoms with van der Waals surface area (Å²) >= 11 is 0. The highest BCUT2D eigenvalue weighted by Crippen LogP contribution is 2.23. The second kappa shape index (κ2) is 6.76. The van der Waals surface area contributed by atoms with E-state index in [-0.39, 0.29) is 30.3 Å². The van der Waals surface area contributed by atoms with Crippen molar-refractivity contribution in [3.63, 3.8) is 0 Å². The van der Waals surface area contributed by atoms with Crippen LogP contribution in [-0.4, -0.2) is 28.7 Å². The quantitative estimate of drug-likeness (QED) is 0.825. The standard InChI is InChI=1S/C19H18N2O4/c1-12-7-8-14(19(24)25)9-15(12)20-16-10-17(22)21(18(16)23)11-13-5-3-2-4-6-13/h2-9,16,20H,10-11H2,1H3,(H,24,25)/p-1/t16-/m1/s1. The fourth-order valence-electron chi connectivity index (χ4n) is 2.82. The third kappa shape index (κ3) is 3.52. The van der Waals surface area contributed by atoms with Crippen molar-refractivity contribution in [3.05, 3.63) is 65.2 Å². The number of hydrogen-bond acceptors (Lipinski definition) is 5. The maximum Gasteiger partial charge on any atom is 0.252 e. The van der Waals surface area contributed by atoms with Gasteiger partial charge < -0.3 is 15.2 Å². The number of benzene rings is 2. The predicted octanol–water partition coefficient (Wildman–Crippen LogP) is 1.10. The lowest BCUT2D eigenvalue weighted by Crippen LogP contribution is -2.34. The lowest BCUT2D eigenvalue weighted by molar-refractivity contribution is -0.255. The molecule has 2 aromatic rings. The normalized spacial score (nSPS) is 17.0. The average Bonchev–Trinajstić information content (AvgIpc) is 2.85. The fraction of sp³-hybridized carbons (Fsp3) is 0.211. The number of carboxylic acid groups (broad SMARTS) is 1. The summed E-state index contributed by atoms with van der Waals surface area (Å²) in [5, 5.41) is 14.0. The summed E-state index contributed by atoms with van der Waals surface area (Å²) in [5.41, 5.74) is 2.19. The van der Waals surface area contributed by atoms with E-state index in [0.717, 1.165) is 11.1 Å². The number of nitrogens with zero attached hydrogens (tertiary/aromatic N) is 1. The van der Waals surface area contributed by atoms with Crippen molar-refractivity contribution in [1.82, 2.24) is 4.90 Å². The number of nitrogens with one attached hydrogen (secondary N) is 1. The minimum atomic E-state index is -1.29. The molecule has 25 heavy (non-hydrogen) atoms. The summed E-state index contributed by atoms with van der Waals surface area (Å²) in [6.07, 6.45) is 0.0423. The maximum atomic E-state index is 12.6. The Balaban J connectivity index is 1.76. The van der Waals surface area contributed by atoms with Crippen molar-refractivity contribution in [2.45, 2.75) is 25.9 Å². The molecule has 1 heterocycles. The molecule has 0 bridgehead atoms. The first-order valence-electron chi connectivity index (χ1n) is 7.92. The van der Waals surface area contributed by atoms with Gasteiger partial charge in [-0.2, -0.15) is 0 Å². The van der Waals surface area contributed by atoms with E-state index in [4.69, 9.17) is 0 Å². The number of carboxylic acids is 1. The first-order chi connectivity index (χ1) is 12.0. The molecule has 2 amide bonds. The van der Waals surface area contributed by atoms with E-state index < -0.39 is 12.0 Å². The molecule has 0 unspecified atom stereocenters. The second-order valence-corrected chi connectivity index (χ2v) is 6.02. The third-order valence-electron chi connectivity index (χ3n) is 4.23. The summed E-state index contributed by atoms with van der Waals surface area (Å²) in [4.78, 5) is 37.0. The number of aryl methyl sites for hydroxylation is 1. The molecule has 0 aromatic heterocycles. The summed E-state index contributed by atoms with van der Waals surface area (Å²) in [7, 11) is 0. The molecule has 1 atom stereocenters. The lowest BCUT2D eigenvalue weighted by Gasteiger charge is -2.18. The molecule has 3 rings (SSSR count). The number of likely N-dealkylation sites (tertiary alicyclic amines) is 1. The van der Waals surface area contributed by atoms with Gasteiger partial charge in [0.2, 0.25) is 5.91 Å². The van der Waals surface area contributed by atoms with Crippen molar-refractivity contribution in [1.29, 1.82) is 0 Å². The number of amides is 2. The average molecular weight is 337 g/mol. The van der Waals surface area contributed by atoms with Crippen molar-refractivity contribution >= 4 is 23.5 Å². The number of carbonyl (C=O) groups excluding carboxylic acids is 3. The largest absolute Gasteiger partial charge is 0.545 e. The van der Waals surface area contributed by atoms with E-state index >= 15 is 0 Å². The number of rotatable bonds is 5. The third-order valence-corrected chi connectivity index (χ3v) is 4.23. The van der Waals surface area contributed by atoms with Crippen molar-refractivity contribution in [2.24, 2.45) is 0 Å². The van der Waals surface area contributed by atoms with Crippen LogP contribution >= 0.6 is 0 Å². The molecule has 1 aliphatic rings. The van der Waals surface area contributed by atoms with Gasteiger partial charge in [-0.3, -0.25) is 14.5 Å². The molecule has 6 heteroatoms. The lowest BCUT2D eigenvalue weighted by atomic mass is 10.1. The van der Waals surface area contributed by atoms with E-state index in [1.165, 1.54) is 17.0 Å². The summed E-state index contributed by atoms with van der Waals surface area (Å²) in [5.74, 6) is -1.85. The van der Waals surface area contributed by atoms with Crippen LogP contribution in [0.2, 0.25) is 0 Å². The Kier molecular flexibility index (Phi) is 4.52. The molecule has 0 saturated carbocycles. The van der Waals surface area contributed by atoms with Crippen LogP contribution in [0.15, 0.2) is 48.5 Å². The van der Waals surface area contributed by atoms with E-state index in [0.29, 0.717) is 5.69 Å². The first kappa shape index (κ1) is 16.7. The summed E-state index contributed by atoms with van der Waals surface area (Å²) in [6, 6.07) is 13.1. The zero-order chi connectivity index (χ0) is 18.0. The Labute approximate surface area is 145 Å². The number of hydrogen-bond donors (Lipinski definition) is 1. The van der Waals surface area contributed by atoms with Gasteiger partial charge in [0.15, 0.2) is 0 Å². The SMILES string of the molecule is Cc1ccc(C(=O)[O-])cc1N[C@@H]1CC(=O)N(Cc2ccccc2)C1=O. The molecule has 1 N–H and O–H groups in total. The van der Waals surface area contributed by atoms with Gasteiger partial charge in [-0.05, 0) is 29.7 Å². The molecule has 1 saturated heterocycles. The molecule has 0 spiro atoms. The predicted molar refractivity (Wildman–Crippen MR) is 89.5 cm³/mol. The van der Waals surface area contributed by atoms with Gasteiger partial charge in [-0.1, -0.05) is 42.5 Å². The van der Waals surface area contributed by atoms with Gasteiger partial charge in [-0.15, -0.1) is 0 Å². The molecular formula is C19H17N2O4-. The minimum Gasteiger partial charge on any atom is -0.545 e. The van der Waals surface area contributed by atoms with Crippen LogP contribution in [0.25, 0.3) is 0 Å². The molecule has 0 aliphatic carbocycles. The molecule has 128 valence electrons. The Bertz CT molecular complexity index is 833. The van der Waals surface area contributed by atoms with E-state index in [2.05, 4.69) is 5.32 Å². The number of imide groups is 1. The van der Waals surface area contributed by atoms with Gasteiger partial charge in [-0.25, -0.2) is 0 Å². The second-order valence-electron chi connectivity index (χ2n) is 6.02. The van der Waals surface area contributed by atoms with Gasteiger partial charge in [0.05, 0.1) is 18.9 Å². The Hall–Kier alpha value is -3.15. The molecule has 6 nitrogen and oxygen atoms in total. The van der Waals surface area contributed by atoms with Crippen LogP contribution in [0, 0.1) is 6.92 Å². The number of aromatic carboxylic acids is 1. The van der Waals surface area contributed by atoms with Gasteiger partial charge >= 0.3 is 0 Å². The van der Waals surface area contributed by atoms with Crippen LogP contribution in [0.5, 0.6) is 0 Å². The highest BCUT2D eigenvalue weighted by molar-refractivity contribution is 6.06. The first-order valence-corrected chi connectivity index (χ1v) is 7.92. The van der Waals surface area contributed by atoms with Crippen LogP contribution in [0.4, 0.5) is 5.69 Å². The van der Waals surface area contributed by atoms with Crippen LogP contribution in [0.1, 0.15) is 27.9 Å². The Morgan fingerprint density at radius 3 is 2.60 bits per heavy atom. The van der Waals surface area contributed by atoms with Gasteiger partial charge in [0.1, 0.15) is 6.04 Å². The van der Waals surface area contributed by atoms with Gasteiger partial charge in [0, 0.05) is 5.69 Å². The summed E-state index contributed by atoms with van der Waals surface area (Å²) in [6.45, 7) is 2.03. The van der Waals surface area contributed by atoms with Crippen molar-refractivity contribution in [2.75, 3.05) is 5.32 Å². The molecule has 0 radical (unpaired) electrons. The van der Waals surface area contributed by atoms with Crippen LogP contribution in [-0.2, 0) is 16.1 Å². The molecule has 1 aliphatic heterocycles. The number of carbonyl (C=O) groups is 3. The molecule has 2 aromatic carbocycles. The van der Waals surface area contributed by atoms with Crippen LogP contribution in [0.3, 0.4) is 0 Å². The zero-order valence-corrected chi connectivity index (χ0v) is 13.7. The van der Waals surface area contributed by atoms with Crippen molar-refractivity contribution in [3.8, 4) is 0 Å². The van der Waals surface area contributed by atoms with Gasteiger partial charge in [0.25, 0.3) is 5.91 Å². The van der Waals surface area contributed by atoms with Crippen LogP contribution < -0.4 is 10.4 Å².